The second-order valence-electron chi connectivity index (χ2n) is 6.58. The minimum Gasteiger partial charge on any atom is -0.339 e. The van der Waals surface area contributed by atoms with Gasteiger partial charge in [-0.25, -0.2) is 0 Å². The van der Waals surface area contributed by atoms with Gasteiger partial charge < -0.3 is 4.90 Å². The molecule has 0 N–H and O–H groups in total. The Bertz CT molecular complexity index is 255. The number of hydrogen-bond donors (Lipinski definition) is 0. The van der Waals surface area contributed by atoms with Crippen LogP contribution in [0.25, 0.3) is 0 Å². The summed E-state index contributed by atoms with van der Waals surface area (Å²) in [6, 6.07) is 0. The van der Waals surface area contributed by atoms with Crippen molar-refractivity contribution in [3.8, 4) is 0 Å². The zero-order chi connectivity index (χ0) is 13.6. The molecule has 0 fully saturated rings. The van der Waals surface area contributed by atoms with E-state index in [-0.39, 0.29) is 0 Å². The second-order valence-corrected chi connectivity index (χ2v) is 6.58. The lowest BCUT2D eigenvalue weighted by Gasteiger charge is -2.34. The SMILES string of the molecule is CCCCCCN1N=CN(CC(C)(C)C)C1CC. The van der Waals surface area contributed by atoms with Crippen molar-refractivity contribution < 1.29 is 0 Å². The van der Waals surface area contributed by atoms with Gasteiger partial charge in [0.05, 0.1) is 0 Å². The molecule has 106 valence electrons. The van der Waals surface area contributed by atoms with E-state index in [2.05, 4.69) is 49.6 Å². The summed E-state index contributed by atoms with van der Waals surface area (Å²) >= 11 is 0. The average Bonchev–Trinajstić information content (AvgIpc) is 2.64. The Morgan fingerprint density at radius 1 is 1.11 bits per heavy atom. The first-order valence-corrected chi connectivity index (χ1v) is 7.54. The van der Waals surface area contributed by atoms with E-state index in [1.165, 1.54) is 25.7 Å². The first-order valence-electron chi connectivity index (χ1n) is 7.54. The summed E-state index contributed by atoms with van der Waals surface area (Å²) in [5.74, 6) is 0. The molecule has 0 aromatic heterocycles. The standard InChI is InChI=1S/C15H31N3/c1-6-8-9-10-11-18-14(7-2)17(13-16-18)12-15(3,4)5/h13-14H,6-12H2,1-5H3. The van der Waals surface area contributed by atoms with Crippen LogP contribution in [0.3, 0.4) is 0 Å². The molecule has 0 amide bonds. The summed E-state index contributed by atoms with van der Waals surface area (Å²) in [7, 11) is 0. The third kappa shape index (κ3) is 4.87. The fourth-order valence-electron chi connectivity index (χ4n) is 2.50. The molecule has 0 saturated heterocycles. The molecular formula is C15H31N3. The third-order valence-corrected chi connectivity index (χ3v) is 3.34. The van der Waals surface area contributed by atoms with Crippen LogP contribution >= 0.6 is 0 Å². The molecule has 1 rings (SSSR count). The molecule has 0 bridgehead atoms. The van der Waals surface area contributed by atoms with E-state index in [1.807, 2.05) is 6.34 Å². The molecule has 18 heavy (non-hydrogen) atoms. The van der Waals surface area contributed by atoms with E-state index in [9.17, 15) is 0 Å². The van der Waals surface area contributed by atoms with Crippen molar-refractivity contribution >= 4 is 6.34 Å². The first-order chi connectivity index (χ1) is 8.48. The lowest BCUT2D eigenvalue weighted by Crippen LogP contribution is -2.43. The monoisotopic (exact) mass is 253 g/mol. The molecule has 0 radical (unpaired) electrons. The van der Waals surface area contributed by atoms with E-state index >= 15 is 0 Å². The molecule has 3 heteroatoms. The maximum Gasteiger partial charge on any atom is 0.118 e. The maximum atomic E-state index is 4.59. The predicted molar refractivity (Wildman–Crippen MR) is 79.6 cm³/mol. The van der Waals surface area contributed by atoms with Crippen molar-refractivity contribution in [3.63, 3.8) is 0 Å². The van der Waals surface area contributed by atoms with Crippen molar-refractivity contribution in [2.45, 2.75) is 72.9 Å². The van der Waals surface area contributed by atoms with Gasteiger partial charge in [-0.3, -0.25) is 5.01 Å². The second kappa shape index (κ2) is 7.01. The van der Waals surface area contributed by atoms with E-state index in [4.69, 9.17) is 0 Å². The highest BCUT2D eigenvalue weighted by Gasteiger charge is 2.28. The Morgan fingerprint density at radius 3 is 2.39 bits per heavy atom. The molecule has 1 heterocycles. The Labute approximate surface area is 113 Å². The average molecular weight is 253 g/mol. The van der Waals surface area contributed by atoms with Crippen molar-refractivity contribution in [2.24, 2.45) is 10.5 Å². The van der Waals surface area contributed by atoms with Crippen LogP contribution in [0.4, 0.5) is 0 Å². The van der Waals surface area contributed by atoms with Crippen molar-refractivity contribution in [1.82, 2.24) is 9.91 Å². The van der Waals surface area contributed by atoms with Crippen LogP contribution in [-0.2, 0) is 0 Å². The van der Waals surface area contributed by atoms with Gasteiger partial charge in [-0.2, -0.15) is 5.10 Å². The zero-order valence-corrected chi connectivity index (χ0v) is 12.9. The zero-order valence-electron chi connectivity index (χ0n) is 12.9. The van der Waals surface area contributed by atoms with Gasteiger partial charge in [-0.15, -0.1) is 0 Å². The van der Waals surface area contributed by atoms with Crippen molar-refractivity contribution in [1.29, 1.82) is 0 Å². The summed E-state index contributed by atoms with van der Waals surface area (Å²) in [5.41, 5.74) is 0.331. The van der Waals surface area contributed by atoms with Gasteiger partial charge in [-0.05, 0) is 18.3 Å². The number of hydrogen-bond acceptors (Lipinski definition) is 3. The molecule has 0 aromatic rings. The van der Waals surface area contributed by atoms with E-state index in [1.54, 1.807) is 0 Å². The Balaban J connectivity index is 2.40. The minimum absolute atomic E-state index is 0.331. The van der Waals surface area contributed by atoms with Gasteiger partial charge in [-0.1, -0.05) is 53.9 Å². The van der Waals surface area contributed by atoms with Gasteiger partial charge >= 0.3 is 0 Å². The molecule has 0 saturated carbocycles. The Kier molecular flexibility index (Phi) is 5.97. The highest BCUT2D eigenvalue weighted by Crippen LogP contribution is 2.22. The highest BCUT2D eigenvalue weighted by molar-refractivity contribution is 5.57. The molecule has 0 aromatic carbocycles. The normalized spacial score (nSPS) is 19.9. The van der Waals surface area contributed by atoms with Crippen LogP contribution in [0.5, 0.6) is 0 Å². The summed E-state index contributed by atoms with van der Waals surface area (Å²) < 4.78 is 0. The van der Waals surface area contributed by atoms with Gasteiger partial charge in [0.1, 0.15) is 12.5 Å². The molecular weight excluding hydrogens is 222 g/mol. The number of unbranched alkanes of at least 4 members (excludes halogenated alkanes) is 3. The number of rotatable bonds is 7. The van der Waals surface area contributed by atoms with Crippen molar-refractivity contribution in [2.75, 3.05) is 13.1 Å². The molecule has 0 aliphatic carbocycles. The smallest absolute Gasteiger partial charge is 0.118 e. The van der Waals surface area contributed by atoms with E-state index in [0.717, 1.165) is 19.5 Å². The lowest BCUT2D eigenvalue weighted by atomic mass is 9.96. The number of nitrogens with zero attached hydrogens (tertiary/aromatic N) is 3. The molecule has 1 unspecified atom stereocenters. The fraction of sp³-hybridized carbons (Fsp3) is 0.933. The summed E-state index contributed by atoms with van der Waals surface area (Å²) in [5, 5.41) is 6.86. The Hall–Kier alpha value is -0.730. The molecule has 0 spiro atoms. The van der Waals surface area contributed by atoms with Crippen LogP contribution in [0.1, 0.15) is 66.7 Å². The summed E-state index contributed by atoms with van der Waals surface area (Å²) in [4.78, 5) is 2.40. The molecule has 1 atom stereocenters. The van der Waals surface area contributed by atoms with Gasteiger partial charge in [0.25, 0.3) is 0 Å². The van der Waals surface area contributed by atoms with Gasteiger partial charge in [0.15, 0.2) is 0 Å². The predicted octanol–water partition coefficient (Wildman–Crippen LogP) is 3.91. The van der Waals surface area contributed by atoms with Crippen LogP contribution in [0, 0.1) is 5.41 Å². The maximum absolute atomic E-state index is 4.59. The third-order valence-electron chi connectivity index (χ3n) is 3.34. The first kappa shape index (κ1) is 15.3. The largest absolute Gasteiger partial charge is 0.339 e. The molecule has 3 nitrogen and oxygen atoms in total. The summed E-state index contributed by atoms with van der Waals surface area (Å²) in [6.45, 7) is 13.6. The topological polar surface area (TPSA) is 18.8 Å². The van der Waals surface area contributed by atoms with Crippen LogP contribution in [0.2, 0.25) is 0 Å². The number of hydrazone groups is 1. The summed E-state index contributed by atoms with van der Waals surface area (Å²) in [6.07, 6.45) is 8.91. The quantitative estimate of drug-likeness (QED) is 0.641. The molecule has 1 aliphatic heterocycles. The van der Waals surface area contributed by atoms with E-state index < -0.39 is 0 Å². The van der Waals surface area contributed by atoms with Crippen LogP contribution in [-0.4, -0.2) is 35.5 Å². The van der Waals surface area contributed by atoms with E-state index in [0.29, 0.717) is 11.6 Å². The van der Waals surface area contributed by atoms with Crippen molar-refractivity contribution in [3.05, 3.63) is 0 Å². The minimum atomic E-state index is 0.331. The van der Waals surface area contributed by atoms with Gasteiger partial charge in [0.2, 0.25) is 0 Å². The lowest BCUT2D eigenvalue weighted by molar-refractivity contribution is 0.102. The van der Waals surface area contributed by atoms with Gasteiger partial charge in [0, 0.05) is 13.1 Å². The molecule has 1 aliphatic rings. The Morgan fingerprint density at radius 2 is 1.83 bits per heavy atom. The van der Waals surface area contributed by atoms with Crippen LogP contribution < -0.4 is 0 Å². The highest BCUT2D eigenvalue weighted by atomic mass is 15.6. The fourth-order valence-corrected chi connectivity index (χ4v) is 2.50. The van der Waals surface area contributed by atoms with Crippen LogP contribution in [0.15, 0.2) is 5.10 Å².